The molecule has 2 aromatic rings. The summed E-state index contributed by atoms with van der Waals surface area (Å²) in [6.45, 7) is 1.03. The molecule has 4 rings (SSSR count). The van der Waals surface area contributed by atoms with E-state index in [2.05, 4.69) is 10.2 Å². The number of halogens is 3. The molecule has 1 saturated heterocycles. The van der Waals surface area contributed by atoms with E-state index >= 15 is 0 Å². The Bertz CT molecular complexity index is 1140. The number of carbonyl (C=O) groups excluding carboxylic acids is 3. The van der Waals surface area contributed by atoms with Crippen molar-refractivity contribution in [2.45, 2.75) is 63.5 Å². The second-order valence-corrected chi connectivity index (χ2v) is 9.49. The van der Waals surface area contributed by atoms with Crippen molar-refractivity contribution in [2.75, 3.05) is 6.54 Å². The van der Waals surface area contributed by atoms with Gasteiger partial charge in [-0.05, 0) is 48.8 Å². The van der Waals surface area contributed by atoms with Gasteiger partial charge in [-0.3, -0.25) is 9.59 Å². The van der Waals surface area contributed by atoms with Crippen LogP contribution in [0.25, 0.3) is 0 Å². The van der Waals surface area contributed by atoms with Crippen LogP contribution in [0.3, 0.4) is 0 Å². The number of nitrogens with one attached hydrogen (secondary N) is 1. The van der Waals surface area contributed by atoms with Crippen LogP contribution in [-0.2, 0) is 38.7 Å². The summed E-state index contributed by atoms with van der Waals surface area (Å²) >= 11 is 0. The van der Waals surface area contributed by atoms with Crippen LogP contribution in [0, 0.1) is 0 Å². The largest absolute Gasteiger partial charge is 0.492 e. The van der Waals surface area contributed by atoms with E-state index in [0.717, 1.165) is 21.8 Å². The summed E-state index contributed by atoms with van der Waals surface area (Å²) < 4.78 is 38.2. The number of carbonyl (C=O) groups is 3. The number of benzene rings is 2. The third-order valence-electron chi connectivity index (χ3n) is 6.73. The summed E-state index contributed by atoms with van der Waals surface area (Å²) in [6.07, 6.45) is 0.332. The van der Waals surface area contributed by atoms with Crippen molar-refractivity contribution in [2.24, 2.45) is 0 Å². The Balaban J connectivity index is 1.43. The van der Waals surface area contributed by atoms with Crippen molar-refractivity contribution < 1.29 is 32.4 Å². The van der Waals surface area contributed by atoms with Crippen LogP contribution in [-0.4, -0.2) is 52.6 Å². The smallest absolute Gasteiger partial charge is 0.360 e. The molecule has 0 saturated carbocycles. The number of nitrogens with zero attached hydrogens (tertiary/aromatic N) is 2. The molecule has 2 aromatic carbocycles. The van der Waals surface area contributed by atoms with E-state index < -0.39 is 30.1 Å². The molecule has 202 valence electrons. The van der Waals surface area contributed by atoms with Crippen molar-refractivity contribution in [3.8, 4) is 0 Å². The molecule has 10 heteroatoms. The lowest BCUT2D eigenvalue weighted by Crippen LogP contribution is -2.53. The molecule has 0 radical (unpaired) electrons. The van der Waals surface area contributed by atoms with Crippen molar-refractivity contribution in [3.63, 3.8) is 0 Å². The molecule has 2 amide bonds. The van der Waals surface area contributed by atoms with Gasteiger partial charge < -0.3 is 15.1 Å². The number of fused-ring (bicyclic) bond motifs is 1. The van der Waals surface area contributed by atoms with Gasteiger partial charge in [-0.1, -0.05) is 60.7 Å². The number of hydrogen-bond acceptors (Lipinski definition) is 5. The third kappa shape index (κ3) is 7.22. The topological polar surface area (TPSA) is 79.0 Å². The van der Waals surface area contributed by atoms with Gasteiger partial charge in [-0.25, -0.2) is 4.79 Å². The van der Waals surface area contributed by atoms with Gasteiger partial charge in [-0.15, -0.1) is 5.06 Å². The van der Waals surface area contributed by atoms with Gasteiger partial charge in [0.2, 0.25) is 11.8 Å². The molecule has 2 aliphatic rings. The van der Waals surface area contributed by atoms with Crippen LogP contribution in [0.2, 0.25) is 0 Å². The number of amides is 2. The van der Waals surface area contributed by atoms with Crippen LogP contribution in [0.4, 0.5) is 13.2 Å². The average molecular weight is 530 g/mol. The Hall–Kier alpha value is -3.66. The normalized spacial score (nSPS) is 18.7. The molecule has 2 atom stereocenters. The first-order valence-electron chi connectivity index (χ1n) is 12.6. The summed E-state index contributed by atoms with van der Waals surface area (Å²) in [7, 11) is 0. The van der Waals surface area contributed by atoms with Crippen LogP contribution in [0.15, 0.2) is 66.7 Å². The van der Waals surface area contributed by atoms with Crippen molar-refractivity contribution in [1.82, 2.24) is 15.3 Å². The molecule has 38 heavy (non-hydrogen) atoms. The minimum atomic E-state index is -5.16. The predicted octanol–water partition coefficient (Wildman–Crippen LogP) is 4.08. The highest BCUT2D eigenvalue weighted by atomic mass is 19.4. The van der Waals surface area contributed by atoms with Gasteiger partial charge in [0.05, 0.1) is 0 Å². The minimum Gasteiger partial charge on any atom is -0.360 e. The first-order valence-corrected chi connectivity index (χ1v) is 12.6. The monoisotopic (exact) mass is 529 g/mol. The fourth-order valence-corrected chi connectivity index (χ4v) is 4.69. The molecule has 0 aliphatic carbocycles. The summed E-state index contributed by atoms with van der Waals surface area (Å²) in [5.74, 6) is -3.10. The van der Waals surface area contributed by atoms with Crippen LogP contribution < -0.4 is 5.32 Å². The number of hydroxylamine groups is 2. The Morgan fingerprint density at radius 3 is 2.32 bits per heavy atom. The molecule has 0 bridgehead atoms. The van der Waals surface area contributed by atoms with Gasteiger partial charge in [0, 0.05) is 31.8 Å². The van der Waals surface area contributed by atoms with E-state index in [0.29, 0.717) is 38.8 Å². The number of rotatable bonds is 8. The molecule has 1 fully saturated rings. The lowest BCUT2D eigenvalue weighted by Gasteiger charge is -2.33. The predicted molar refractivity (Wildman–Crippen MR) is 133 cm³/mol. The standard InChI is InChI=1S/C28H30F3N3O4/c29-28(30,31)27(37)38-34-17-7-6-12-24(34)26(36)32-23(14-13-20-8-2-1-3-9-20)15-16-25(35)33-18-21-10-4-5-11-22(21)19-33/h1-5,8-11,15-16,23-24H,6-7,12-14,17-19H2,(H,32,36)/b16-15+/t23-,24-/m0/s1. The second kappa shape index (κ2) is 12.3. The summed E-state index contributed by atoms with van der Waals surface area (Å²) in [5.41, 5.74) is 3.22. The molecule has 0 aromatic heterocycles. The van der Waals surface area contributed by atoms with Gasteiger partial charge in [0.15, 0.2) is 0 Å². The fraction of sp³-hybridized carbons (Fsp3) is 0.393. The molecule has 0 spiro atoms. The molecule has 0 unspecified atom stereocenters. The van der Waals surface area contributed by atoms with Crippen LogP contribution >= 0.6 is 0 Å². The van der Waals surface area contributed by atoms with E-state index in [1.54, 1.807) is 11.0 Å². The van der Waals surface area contributed by atoms with Crippen molar-refractivity contribution >= 4 is 17.8 Å². The van der Waals surface area contributed by atoms with Gasteiger partial charge in [0.25, 0.3) is 0 Å². The molecular formula is C28H30F3N3O4. The van der Waals surface area contributed by atoms with Gasteiger partial charge in [-0.2, -0.15) is 13.2 Å². The number of piperidine rings is 1. The Morgan fingerprint density at radius 1 is 1.00 bits per heavy atom. The first kappa shape index (κ1) is 27.4. The SMILES string of the molecule is O=C(N[C@H](/C=C/C(=O)N1Cc2ccccc2C1)CCc1ccccc1)[C@@H]1CCCCN1OC(=O)C(F)(F)F. The fourth-order valence-electron chi connectivity index (χ4n) is 4.69. The zero-order valence-electron chi connectivity index (χ0n) is 20.8. The summed E-state index contributed by atoms with van der Waals surface area (Å²) in [6, 6.07) is 15.8. The molecule has 2 heterocycles. The Morgan fingerprint density at radius 2 is 1.66 bits per heavy atom. The molecular weight excluding hydrogens is 499 g/mol. The first-order chi connectivity index (χ1) is 18.2. The lowest BCUT2D eigenvalue weighted by molar-refractivity contribution is -0.248. The Kier molecular flexibility index (Phi) is 8.83. The maximum atomic E-state index is 13.2. The minimum absolute atomic E-state index is 0.0262. The number of alkyl halides is 3. The zero-order chi connectivity index (χ0) is 27.1. The van der Waals surface area contributed by atoms with E-state index in [4.69, 9.17) is 0 Å². The zero-order valence-corrected chi connectivity index (χ0v) is 20.8. The highest BCUT2D eigenvalue weighted by Gasteiger charge is 2.44. The van der Waals surface area contributed by atoms with E-state index in [1.807, 2.05) is 54.6 Å². The number of hydrogen-bond donors (Lipinski definition) is 1. The second-order valence-electron chi connectivity index (χ2n) is 9.49. The van der Waals surface area contributed by atoms with Gasteiger partial charge >= 0.3 is 12.1 Å². The van der Waals surface area contributed by atoms with E-state index in [9.17, 15) is 27.6 Å². The van der Waals surface area contributed by atoms with Crippen LogP contribution in [0.5, 0.6) is 0 Å². The highest BCUT2D eigenvalue weighted by Crippen LogP contribution is 2.24. The summed E-state index contributed by atoms with van der Waals surface area (Å²) in [5, 5.41) is 3.67. The average Bonchev–Trinajstić information content (AvgIpc) is 3.35. The lowest BCUT2D eigenvalue weighted by atomic mass is 10.0. The maximum Gasteiger partial charge on any atom is 0.492 e. The van der Waals surface area contributed by atoms with E-state index in [-0.39, 0.29) is 18.9 Å². The molecule has 7 nitrogen and oxygen atoms in total. The Labute approximate surface area is 219 Å². The molecule has 1 N–H and O–H groups in total. The number of aryl methyl sites for hydroxylation is 1. The molecule has 2 aliphatic heterocycles. The maximum absolute atomic E-state index is 13.2. The van der Waals surface area contributed by atoms with Gasteiger partial charge in [0.1, 0.15) is 6.04 Å². The summed E-state index contributed by atoms with van der Waals surface area (Å²) in [4.78, 5) is 43.7. The third-order valence-corrected chi connectivity index (χ3v) is 6.73. The van der Waals surface area contributed by atoms with Crippen molar-refractivity contribution in [1.29, 1.82) is 0 Å². The van der Waals surface area contributed by atoms with Crippen molar-refractivity contribution in [3.05, 3.63) is 83.4 Å². The quantitative estimate of drug-likeness (QED) is 0.522. The van der Waals surface area contributed by atoms with Crippen LogP contribution in [0.1, 0.15) is 42.4 Å². The van der Waals surface area contributed by atoms with E-state index in [1.165, 1.54) is 6.08 Å². The highest BCUT2D eigenvalue weighted by molar-refractivity contribution is 5.88.